The highest BCUT2D eigenvalue weighted by Crippen LogP contribution is 1.95. The average molecular weight is 209 g/mol. The lowest BCUT2D eigenvalue weighted by molar-refractivity contribution is 0.0975. The molecule has 15 heavy (non-hydrogen) atoms. The van der Waals surface area contributed by atoms with Crippen molar-refractivity contribution in [2.24, 2.45) is 0 Å². The number of carbonyl (C=O) groups is 1. The fourth-order valence-corrected chi connectivity index (χ4v) is 1.08. The van der Waals surface area contributed by atoms with E-state index in [1.165, 1.54) is 18.6 Å². The maximum absolute atomic E-state index is 11.5. The summed E-state index contributed by atoms with van der Waals surface area (Å²) < 4.78 is 0. The first-order chi connectivity index (χ1) is 7.20. The highest BCUT2D eigenvalue weighted by molar-refractivity contribution is 5.93. The molecule has 5 nitrogen and oxygen atoms in total. The molecule has 1 rings (SSSR count). The molecule has 2 N–H and O–H groups in total. The van der Waals surface area contributed by atoms with Gasteiger partial charge in [0.15, 0.2) is 5.78 Å². The molecule has 0 saturated heterocycles. The molecule has 0 saturated carbocycles. The number of aromatic nitrogens is 2. The minimum atomic E-state index is -0.392. The first-order valence-corrected chi connectivity index (χ1v) is 4.88. The minimum Gasteiger partial charge on any atom is -0.392 e. The van der Waals surface area contributed by atoms with Crippen LogP contribution in [-0.4, -0.2) is 40.1 Å². The molecule has 0 aliphatic carbocycles. The number of carbonyl (C=O) groups excluding carboxylic acids is 1. The van der Waals surface area contributed by atoms with E-state index in [1.807, 2.05) is 0 Å². The molecule has 1 atom stereocenters. The van der Waals surface area contributed by atoms with Crippen molar-refractivity contribution in [2.45, 2.75) is 19.4 Å². The predicted octanol–water partition coefficient (Wildman–Crippen LogP) is 0.0198. The van der Waals surface area contributed by atoms with E-state index < -0.39 is 6.10 Å². The maximum atomic E-state index is 11.5. The van der Waals surface area contributed by atoms with Gasteiger partial charge in [-0.3, -0.25) is 9.78 Å². The standard InChI is InChI=1S/C10H15N3O2/c1-8(14)6-11-3-2-10(15)9-7-12-4-5-13-9/h4-5,7-8,11,14H,2-3,6H2,1H3. The second kappa shape index (κ2) is 6.21. The monoisotopic (exact) mass is 209 g/mol. The van der Waals surface area contributed by atoms with Crippen molar-refractivity contribution >= 4 is 5.78 Å². The summed E-state index contributed by atoms with van der Waals surface area (Å²) >= 11 is 0. The normalized spacial score (nSPS) is 12.4. The van der Waals surface area contributed by atoms with Crippen LogP contribution >= 0.6 is 0 Å². The van der Waals surface area contributed by atoms with Gasteiger partial charge in [0.25, 0.3) is 0 Å². The number of hydrogen-bond acceptors (Lipinski definition) is 5. The van der Waals surface area contributed by atoms with E-state index in [-0.39, 0.29) is 5.78 Å². The summed E-state index contributed by atoms with van der Waals surface area (Å²) in [4.78, 5) is 19.2. The van der Waals surface area contributed by atoms with Gasteiger partial charge in [-0.25, -0.2) is 4.98 Å². The smallest absolute Gasteiger partial charge is 0.184 e. The van der Waals surface area contributed by atoms with Crippen LogP contribution in [0.2, 0.25) is 0 Å². The number of Topliss-reactive ketones (excluding diaryl/α,β-unsaturated/α-hetero) is 1. The van der Waals surface area contributed by atoms with Gasteiger partial charge in [0.05, 0.1) is 12.3 Å². The Kier molecular flexibility index (Phi) is 4.86. The summed E-state index contributed by atoms with van der Waals surface area (Å²) in [6, 6.07) is 0. The summed E-state index contributed by atoms with van der Waals surface area (Å²) in [7, 11) is 0. The molecule has 0 spiro atoms. The van der Waals surface area contributed by atoms with E-state index in [4.69, 9.17) is 5.11 Å². The SMILES string of the molecule is CC(O)CNCCC(=O)c1cnccn1. The van der Waals surface area contributed by atoms with Gasteiger partial charge in [0.1, 0.15) is 5.69 Å². The van der Waals surface area contributed by atoms with Crippen LogP contribution in [0.1, 0.15) is 23.8 Å². The molecular weight excluding hydrogens is 194 g/mol. The Bertz CT molecular complexity index is 301. The molecule has 0 aliphatic rings. The van der Waals surface area contributed by atoms with E-state index in [0.717, 1.165) is 0 Å². The molecule has 0 bridgehead atoms. The molecule has 0 aliphatic heterocycles. The third-order valence-corrected chi connectivity index (χ3v) is 1.82. The van der Waals surface area contributed by atoms with Gasteiger partial charge in [-0.2, -0.15) is 0 Å². The van der Waals surface area contributed by atoms with Crippen LogP contribution in [0.5, 0.6) is 0 Å². The summed E-state index contributed by atoms with van der Waals surface area (Å²) in [6.07, 6.45) is 4.46. The van der Waals surface area contributed by atoms with Gasteiger partial charge in [0, 0.05) is 31.9 Å². The van der Waals surface area contributed by atoms with E-state index >= 15 is 0 Å². The summed E-state index contributed by atoms with van der Waals surface area (Å²) in [5.74, 6) is -0.0406. The molecule has 0 radical (unpaired) electrons. The van der Waals surface area contributed by atoms with Crippen molar-refractivity contribution in [3.05, 3.63) is 24.3 Å². The van der Waals surface area contributed by atoms with Crippen LogP contribution in [0.4, 0.5) is 0 Å². The highest BCUT2D eigenvalue weighted by atomic mass is 16.3. The number of aliphatic hydroxyl groups excluding tert-OH is 1. The van der Waals surface area contributed by atoms with Gasteiger partial charge in [0.2, 0.25) is 0 Å². The van der Waals surface area contributed by atoms with Gasteiger partial charge in [-0.05, 0) is 6.92 Å². The fourth-order valence-electron chi connectivity index (χ4n) is 1.08. The van der Waals surface area contributed by atoms with Crippen LogP contribution in [0.3, 0.4) is 0 Å². The molecule has 1 unspecified atom stereocenters. The first-order valence-electron chi connectivity index (χ1n) is 4.88. The van der Waals surface area contributed by atoms with Crippen molar-refractivity contribution in [2.75, 3.05) is 13.1 Å². The van der Waals surface area contributed by atoms with E-state index in [0.29, 0.717) is 25.2 Å². The van der Waals surface area contributed by atoms with Crippen molar-refractivity contribution in [1.82, 2.24) is 15.3 Å². The average Bonchev–Trinajstić information content (AvgIpc) is 2.25. The maximum Gasteiger partial charge on any atom is 0.184 e. The molecule has 5 heteroatoms. The topological polar surface area (TPSA) is 75.1 Å². The third-order valence-electron chi connectivity index (χ3n) is 1.82. The second-order valence-corrected chi connectivity index (χ2v) is 3.32. The molecule has 82 valence electrons. The van der Waals surface area contributed by atoms with Gasteiger partial charge in [-0.1, -0.05) is 0 Å². The van der Waals surface area contributed by atoms with Crippen LogP contribution in [0.15, 0.2) is 18.6 Å². The van der Waals surface area contributed by atoms with Crippen LogP contribution < -0.4 is 5.32 Å². The summed E-state index contributed by atoms with van der Waals surface area (Å²) in [5, 5.41) is 11.9. The number of nitrogens with one attached hydrogen (secondary N) is 1. The van der Waals surface area contributed by atoms with Gasteiger partial charge < -0.3 is 10.4 Å². The first kappa shape index (κ1) is 11.7. The Balaban J connectivity index is 2.25. The quantitative estimate of drug-likeness (QED) is 0.510. The molecule has 1 heterocycles. The van der Waals surface area contributed by atoms with Gasteiger partial charge in [-0.15, -0.1) is 0 Å². The molecule has 0 amide bonds. The summed E-state index contributed by atoms with van der Waals surface area (Å²) in [6.45, 7) is 2.73. The molecule has 1 aromatic heterocycles. The Morgan fingerprint density at radius 1 is 1.60 bits per heavy atom. The van der Waals surface area contributed by atoms with Crippen LogP contribution in [0.25, 0.3) is 0 Å². The molecule has 0 fully saturated rings. The zero-order valence-corrected chi connectivity index (χ0v) is 8.68. The lowest BCUT2D eigenvalue weighted by Gasteiger charge is -2.05. The largest absolute Gasteiger partial charge is 0.392 e. The number of hydrogen-bond donors (Lipinski definition) is 2. The van der Waals surface area contributed by atoms with E-state index in [9.17, 15) is 4.79 Å². The lowest BCUT2D eigenvalue weighted by atomic mass is 10.2. The van der Waals surface area contributed by atoms with Crippen molar-refractivity contribution in [3.63, 3.8) is 0 Å². The number of nitrogens with zero attached hydrogens (tertiary/aromatic N) is 2. The zero-order valence-electron chi connectivity index (χ0n) is 8.68. The fraction of sp³-hybridized carbons (Fsp3) is 0.500. The third kappa shape index (κ3) is 4.62. The van der Waals surface area contributed by atoms with E-state index in [1.54, 1.807) is 6.92 Å². The van der Waals surface area contributed by atoms with Gasteiger partial charge >= 0.3 is 0 Å². The predicted molar refractivity (Wildman–Crippen MR) is 55.5 cm³/mol. The lowest BCUT2D eigenvalue weighted by Crippen LogP contribution is -2.26. The van der Waals surface area contributed by atoms with Crippen LogP contribution in [-0.2, 0) is 0 Å². The van der Waals surface area contributed by atoms with E-state index in [2.05, 4.69) is 15.3 Å². The second-order valence-electron chi connectivity index (χ2n) is 3.32. The minimum absolute atomic E-state index is 0.0406. The van der Waals surface area contributed by atoms with Crippen molar-refractivity contribution in [3.8, 4) is 0 Å². The van der Waals surface area contributed by atoms with Crippen molar-refractivity contribution < 1.29 is 9.90 Å². The van der Waals surface area contributed by atoms with Crippen LogP contribution in [0, 0.1) is 0 Å². The molecule has 1 aromatic rings. The summed E-state index contributed by atoms with van der Waals surface area (Å²) in [5.41, 5.74) is 0.386. The number of ketones is 1. The zero-order chi connectivity index (χ0) is 11.1. The number of rotatable bonds is 6. The Hall–Kier alpha value is -1.33. The highest BCUT2D eigenvalue weighted by Gasteiger charge is 2.06. The number of aliphatic hydroxyl groups is 1. The Morgan fingerprint density at radius 3 is 3.00 bits per heavy atom. The molecule has 0 aromatic carbocycles. The molecular formula is C10H15N3O2. The van der Waals surface area contributed by atoms with Crippen molar-refractivity contribution in [1.29, 1.82) is 0 Å². The Morgan fingerprint density at radius 2 is 2.40 bits per heavy atom. The Labute approximate surface area is 88.6 Å².